The zero-order chi connectivity index (χ0) is 23.5. The van der Waals surface area contributed by atoms with Crippen molar-refractivity contribution in [3.63, 3.8) is 0 Å². The van der Waals surface area contributed by atoms with Crippen molar-refractivity contribution < 1.29 is 9.31 Å². The maximum atomic E-state index is 6.52. The van der Waals surface area contributed by atoms with Crippen LogP contribution in [0.4, 0.5) is 0 Å². The summed E-state index contributed by atoms with van der Waals surface area (Å²) in [6.45, 7) is 8.44. The highest BCUT2D eigenvalue weighted by Crippen LogP contribution is 2.42. The van der Waals surface area contributed by atoms with E-state index in [1.165, 1.54) is 42.4 Å². The zero-order valence-electron chi connectivity index (χ0n) is 20.0. The third-order valence-electron chi connectivity index (χ3n) is 7.36. The van der Waals surface area contributed by atoms with E-state index >= 15 is 0 Å². The molecule has 1 saturated heterocycles. The molecule has 1 aliphatic rings. The Morgan fingerprint density at radius 2 is 1.18 bits per heavy atom. The monoisotopic (exact) mass is 462 g/mol. The number of benzene rings is 4. The van der Waals surface area contributed by atoms with Gasteiger partial charge in [0.2, 0.25) is 0 Å². The molecule has 6 rings (SSSR count). The molecule has 0 radical (unpaired) electrons. The summed E-state index contributed by atoms with van der Waals surface area (Å²) in [5.74, 6) is 0. The van der Waals surface area contributed by atoms with Gasteiger partial charge in [-0.15, -0.1) is 11.3 Å². The lowest BCUT2D eigenvalue weighted by Crippen LogP contribution is -2.41. The number of hydrogen-bond donors (Lipinski definition) is 0. The first-order valence-electron chi connectivity index (χ1n) is 11.8. The molecule has 0 spiro atoms. The van der Waals surface area contributed by atoms with E-state index in [1.807, 2.05) is 11.3 Å². The molecule has 0 N–H and O–H groups in total. The molecule has 2 heterocycles. The van der Waals surface area contributed by atoms with Crippen molar-refractivity contribution >= 4 is 44.1 Å². The Morgan fingerprint density at radius 1 is 0.588 bits per heavy atom. The fourth-order valence-electron chi connectivity index (χ4n) is 4.77. The highest BCUT2D eigenvalue weighted by atomic mass is 32.1. The lowest BCUT2D eigenvalue weighted by molar-refractivity contribution is 0.00578. The van der Waals surface area contributed by atoms with Gasteiger partial charge in [0.15, 0.2) is 0 Å². The molecule has 1 aromatic heterocycles. The van der Waals surface area contributed by atoms with E-state index in [0.717, 1.165) is 5.46 Å². The molecule has 168 valence electrons. The number of fused-ring (bicyclic) bond motifs is 3. The van der Waals surface area contributed by atoms with Gasteiger partial charge in [0.1, 0.15) is 0 Å². The van der Waals surface area contributed by atoms with Gasteiger partial charge in [-0.05, 0) is 67.5 Å². The molecule has 34 heavy (non-hydrogen) atoms. The Morgan fingerprint density at radius 3 is 1.88 bits per heavy atom. The zero-order valence-corrected chi connectivity index (χ0v) is 20.8. The van der Waals surface area contributed by atoms with Crippen LogP contribution in [0.3, 0.4) is 0 Å². The average Bonchev–Trinajstić information content (AvgIpc) is 3.32. The summed E-state index contributed by atoms with van der Waals surface area (Å²) in [5, 5.41) is 2.56. The first-order chi connectivity index (χ1) is 16.3. The largest absolute Gasteiger partial charge is 0.495 e. The molecular weight excluding hydrogens is 435 g/mol. The van der Waals surface area contributed by atoms with Crippen LogP contribution < -0.4 is 5.46 Å². The van der Waals surface area contributed by atoms with Crippen LogP contribution in [-0.4, -0.2) is 18.3 Å². The molecular formula is C30H27BO2S. The number of hydrogen-bond acceptors (Lipinski definition) is 3. The smallest absolute Gasteiger partial charge is 0.399 e. The van der Waals surface area contributed by atoms with E-state index in [0.29, 0.717) is 0 Å². The summed E-state index contributed by atoms with van der Waals surface area (Å²) in [7, 11) is -0.420. The Hall–Kier alpha value is -2.92. The maximum Gasteiger partial charge on any atom is 0.495 e. The van der Waals surface area contributed by atoms with Gasteiger partial charge in [0.05, 0.1) is 11.2 Å². The lowest BCUT2D eigenvalue weighted by atomic mass is 9.73. The second kappa shape index (κ2) is 7.81. The topological polar surface area (TPSA) is 18.5 Å². The molecule has 0 bridgehead atoms. The first kappa shape index (κ1) is 21.6. The average molecular weight is 462 g/mol. The van der Waals surface area contributed by atoms with E-state index < -0.39 is 18.3 Å². The Balaban J connectivity index is 1.57. The van der Waals surface area contributed by atoms with Crippen molar-refractivity contribution in [3.05, 3.63) is 91.0 Å². The summed E-state index contributed by atoms with van der Waals surface area (Å²) in [5.41, 5.74) is 5.12. The van der Waals surface area contributed by atoms with Gasteiger partial charge in [-0.25, -0.2) is 0 Å². The standard InChI is InChI=1S/C30H27BO2S/c1-29(2)30(3,4)33-31(32-29)24-18-19-26-28(23-12-8-9-13-25(23)34-26)27(24)22-16-14-21(15-17-22)20-10-6-5-7-11-20/h5-19H,1-4H3. The van der Waals surface area contributed by atoms with E-state index in [4.69, 9.17) is 9.31 Å². The highest BCUT2D eigenvalue weighted by Gasteiger charge is 2.52. The van der Waals surface area contributed by atoms with Gasteiger partial charge in [0.25, 0.3) is 0 Å². The fourth-order valence-corrected chi connectivity index (χ4v) is 5.88. The van der Waals surface area contributed by atoms with Crippen molar-refractivity contribution in [3.8, 4) is 22.3 Å². The molecule has 0 unspecified atom stereocenters. The van der Waals surface area contributed by atoms with Gasteiger partial charge < -0.3 is 9.31 Å². The van der Waals surface area contributed by atoms with Gasteiger partial charge in [-0.1, -0.05) is 78.9 Å². The summed E-state index contributed by atoms with van der Waals surface area (Å²) in [6.07, 6.45) is 0. The molecule has 5 aromatic rings. The van der Waals surface area contributed by atoms with Crippen LogP contribution in [0.2, 0.25) is 0 Å². The van der Waals surface area contributed by atoms with Gasteiger partial charge in [-0.2, -0.15) is 0 Å². The van der Waals surface area contributed by atoms with Crippen molar-refractivity contribution in [2.45, 2.75) is 38.9 Å². The summed E-state index contributed by atoms with van der Waals surface area (Å²) >= 11 is 1.84. The van der Waals surface area contributed by atoms with Gasteiger partial charge in [0, 0.05) is 20.2 Å². The maximum absolute atomic E-state index is 6.52. The minimum absolute atomic E-state index is 0.391. The van der Waals surface area contributed by atoms with Crippen LogP contribution in [0.25, 0.3) is 42.4 Å². The van der Waals surface area contributed by atoms with Crippen LogP contribution in [0.5, 0.6) is 0 Å². The van der Waals surface area contributed by atoms with E-state index in [2.05, 4.69) is 119 Å². The number of thiophene rings is 1. The second-order valence-electron chi connectivity index (χ2n) is 10.0. The van der Waals surface area contributed by atoms with E-state index in [1.54, 1.807) is 0 Å². The molecule has 4 aromatic carbocycles. The molecule has 0 atom stereocenters. The molecule has 1 fully saturated rings. The molecule has 0 saturated carbocycles. The molecule has 1 aliphatic heterocycles. The Kier molecular flexibility index (Phi) is 4.96. The third-order valence-corrected chi connectivity index (χ3v) is 8.50. The van der Waals surface area contributed by atoms with Crippen molar-refractivity contribution in [1.82, 2.24) is 0 Å². The van der Waals surface area contributed by atoms with Crippen LogP contribution in [0.15, 0.2) is 91.0 Å². The van der Waals surface area contributed by atoms with Crippen molar-refractivity contribution in [2.75, 3.05) is 0 Å². The first-order valence-corrected chi connectivity index (χ1v) is 12.6. The summed E-state index contributed by atoms with van der Waals surface area (Å²) < 4.78 is 15.6. The van der Waals surface area contributed by atoms with Gasteiger partial charge in [-0.3, -0.25) is 0 Å². The lowest BCUT2D eigenvalue weighted by Gasteiger charge is -2.32. The van der Waals surface area contributed by atoms with Crippen LogP contribution in [0.1, 0.15) is 27.7 Å². The molecule has 0 aliphatic carbocycles. The van der Waals surface area contributed by atoms with E-state index in [9.17, 15) is 0 Å². The normalized spacial score (nSPS) is 17.0. The van der Waals surface area contributed by atoms with Crippen LogP contribution in [-0.2, 0) is 9.31 Å². The van der Waals surface area contributed by atoms with Crippen molar-refractivity contribution in [1.29, 1.82) is 0 Å². The Bertz CT molecular complexity index is 1480. The predicted octanol–water partition coefficient (Wildman–Crippen LogP) is 7.69. The number of rotatable bonds is 3. The highest BCUT2D eigenvalue weighted by molar-refractivity contribution is 7.26. The van der Waals surface area contributed by atoms with Gasteiger partial charge >= 0.3 is 7.12 Å². The predicted molar refractivity (Wildman–Crippen MR) is 146 cm³/mol. The second-order valence-corrected chi connectivity index (χ2v) is 11.1. The fraction of sp³-hybridized carbons (Fsp3) is 0.200. The van der Waals surface area contributed by atoms with Crippen LogP contribution in [0, 0.1) is 0 Å². The van der Waals surface area contributed by atoms with E-state index in [-0.39, 0.29) is 0 Å². The molecule has 4 heteroatoms. The minimum atomic E-state index is -0.420. The molecule has 2 nitrogen and oxygen atoms in total. The SMILES string of the molecule is CC1(C)OB(c2ccc3sc4ccccc4c3c2-c2ccc(-c3ccccc3)cc2)OC1(C)C. The quantitative estimate of drug-likeness (QED) is 0.256. The molecule has 0 amide bonds. The summed E-state index contributed by atoms with van der Waals surface area (Å²) in [6, 6.07) is 32.5. The van der Waals surface area contributed by atoms with Crippen molar-refractivity contribution in [2.24, 2.45) is 0 Å². The third kappa shape index (κ3) is 3.40. The summed E-state index contributed by atoms with van der Waals surface area (Å²) in [4.78, 5) is 0. The Labute approximate surface area is 205 Å². The van der Waals surface area contributed by atoms with Crippen LogP contribution >= 0.6 is 11.3 Å². The minimum Gasteiger partial charge on any atom is -0.399 e.